The van der Waals surface area contributed by atoms with Crippen LogP contribution in [0.15, 0.2) is 24.3 Å². The van der Waals surface area contributed by atoms with Crippen LogP contribution in [0.3, 0.4) is 0 Å². The first-order valence-electron chi connectivity index (χ1n) is 7.80. The molecule has 1 aromatic carbocycles. The smallest absolute Gasteiger partial charge is 0.223 e. The number of carbonyl (C=O) groups is 1. The number of nitrogens with one attached hydrogen (secondary N) is 2. The zero-order valence-electron chi connectivity index (χ0n) is 12.0. The highest BCUT2D eigenvalue weighted by atomic mass is 16.2. The summed E-state index contributed by atoms with van der Waals surface area (Å²) in [5.74, 6) is 1.35. The van der Waals surface area contributed by atoms with Gasteiger partial charge >= 0.3 is 0 Å². The van der Waals surface area contributed by atoms with Gasteiger partial charge in [-0.25, -0.2) is 4.98 Å². The minimum atomic E-state index is 0.172. The predicted molar refractivity (Wildman–Crippen MR) is 82.2 cm³/mol. The highest BCUT2D eigenvalue weighted by Gasteiger charge is 2.30. The number of para-hydroxylation sites is 2. The van der Waals surface area contributed by atoms with Crippen molar-refractivity contribution < 1.29 is 4.79 Å². The summed E-state index contributed by atoms with van der Waals surface area (Å²) in [7, 11) is 0. The lowest BCUT2D eigenvalue weighted by Gasteiger charge is -2.31. The van der Waals surface area contributed by atoms with E-state index in [4.69, 9.17) is 0 Å². The molecule has 2 aliphatic rings. The summed E-state index contributed by atoms with van der Waals surface area (Å²) in [6.45, 7) is 1.78. The van der Waals surface area contributed by atoms with Gasteiger partial charge in [0, 0.05) is 25.0 Å². The summed E-state index contributed by atoms with van der Waals surface area (Å²) in [6, 6.07) is 8.54. The number of anilines is 1. The number of piperidine rings is 1. The van der Waals surface area contributed by atoms with E-state index in [0.717, 1.165) is 55.8 Å². The molecule has 2 aromatic rings. The predicted octanol–water partition coefficient (Wildman–Crippen LogP) is 2.06. The maximum atomic E-state index is 12.1. The Hall–Kier alpha value is -2.04. The van der Waals surface area contributed by atoms with Gasteiger partial charge in [0.25, 0.3) is 0 Å². The Balaban J connectivity index is 1.41. The molecule has 2 fully saturated rings. The van der Waals surface area contributed by atoms with Crippen LogP contribution in [0.1, 0.15) is 25.7 Å². The SMILES string of the molecule is O=C(NC1CC1)C1CCN(c2nc3ccccc3[nH]2)CC1. The monoisotopic (exact) mass is 284 g/mol. The second-order valence-electron chi connectivity index (χ2n) is 6.12. The normalized spacial score (nSPS) is 19.9. The molecule has 1 aliphatic carbocycles. The lowest BCUT2D eigenvalue weighted by atomic mass is 9.96. The van der Waals surface area contributed by atoms with Gasteiger partial charge in [-0.15, -0.1) is 0 Å². The summed E-state index contributed by atoms with van der Waals surface area (Å²) in [6.07, 6.45) is 4.14. The molecule has 1 amide bonds. The number of nitrogens with zero attached hydrogens (tertiary/aromatic N) is 2. The molecule has 0 radical (unpaired) electrons. The highest BCUT2D eigenvalue weighted by Crippen LogP contribution is 2.25. The number of carbonyl (C=O) groups excluding carboxylic acids is 1. The van der Waals surface area contributed by atoms with E-state index in [0.29, 0.717) is 6.04 Å². The van der Waals surface area contributed by atoms with Crippen molar-refractivity contribution in [2.24, 2.45) is 5.92 Å². The van der Waals surface area contributed by atoms with Crippen molar-refractivity contribution in [1.82, 2.24) is 15.3 Å². The first kappa shape index (κ1) is 12.7. The van der Waals surface area contributed by atoms with Crippen LogP contribution in [0.2, 0.25) is 0 Å². The number of fused-ring (bicyclic) bond motifs is 1. The van der Waals surface area contributed by atoms with Crippen molar-refractivity contribution in [2.75, 3.05) is 18.0 Å². The maximum Gasteiger partial charge on any atom is 0.223 e. The molecule has 1 saturated carbocycles. The van der Waals surface area contributed by atoms with Gasteiger partial charge in [0.2, 0.25) is 11.9 Å². The lowest BCUT2D eigenvalue weighted by molar-refractivity contribution is -0.125. The summed E-state index contributed by atoms with van der Waals surface area (Å²) in [5.41, 5.74) is 2.07. The molecule has 2 heterocycles. The van der Waals surface area contributed by atoms with Crippen LogP contribution in [0, 0.1) is 5.92 Å². The first-order valence-corrected chi connectivity index (χ1v) is 7.80. The van der Waals surface area contributed by atoms with E-state index in [1.807, 2.05) is 24.3 Å². The molecule has 0 bridgehead atoms. The van der Waals surface area contributed by atoms with Gasteiger partial charge in [0.15, 0.2) is 0 Å². The fourth-order valence-corrected chi connectivity index (χ4v) is 2.99. The fourth-order valence-electron chi connectivity index (χ4n) is 2.99. The van der Waals surface area contributed by atoms with Crippen LogP contribution in [0.5, 0.6) is 0 Å². The minimum absolute atomic E-state index is 0.172. The quantitative estimate of drug-likeness (QED) is 0.907. The molecule has 5 heteroatoms. The number of H-pyrrole nitrogens is 1. The Morgan fingerprint density at radius 3 is 2.67 bits per heavy atom. The molecule has 110 valence electrons. The van der Waals surface area contributed by atoms with Gasteiger partial charge in [0.1, 0.15) is 0 Å². The Kier molecular flexibility index (Phi) is 3.05. The summed E-state index contributed by atoms with van der Waals surface area (Å²) < 4.78 is 0. The van der Waals surface area contributed by atoms with Gasteiger partial charge in [-0.05, 0) is 37.8 Å². The van der Waals surface area contributed by atoms with E-state index < -0.39 is 0 Å². The third-order valence-electron chi connectivity index (χ3n) is 4.47. The Morgan fingerprint density at radius 2 is 1.95 bits per heavy atom. The van der Waals surface area contributed by atoms with Gasteiger partial charge in [-0.1, -0.05) is 12.1 Å². The number of rotatable bonds is 3. The molecule has 0 atom stereocenters. The van der Waals surface area contributed by atoms with E-state index in [9.17, 15) is 4.79 Å². The van der Waals surface area contributed by atoms with Crippen molar-refractivity contribution in [2.45, 2.75) is 31.7 Å². The van der Waals surface area contributed by atoms with E-state index in [2.05, 4.69) is 20.2 Å². The van der Waals surface area contributed by atoms with Gasteiger partial charge in [-0.2, -0.15) is 0 Å². The second kappa shape index (κ2) is 5.06. The largest absolute Gasteiger partial charge is 0.353 e. The molecule has 21 heavy (non-hydrogen) atoms. The average Bonchev–Trinajstić information content (AvgIpc) is 3.22. The maximum absolute atomic E-state index is 12.1. The Labute approximate surface area is 123 Å². The number of amides is 1. The third kappa shape index (κ3) is 2.60. The summed E-state index contributed by atoms with van der Waals surface area (Å²) in [4.78, 5) is 22.3. The number of hydrogen-bond donors (Lipinski definition) is 2. The van der Waals surface area contributed by atoms with Crippen LogP contribution >= 0.6 is 0 Å². The number of aromatic nitrogens is 2. The van der Waals surface area contributed by atoms with Crippen LogP contribution < -0.4 is 10.2 Å². The van der Waals surface area contributed by atoms with Crippen molar-refractivity contribution in [1.29, 1.82) is 0 Å². The van der Waals surface area contributed by atoms with Gasteiger partial charge in [-0.3, -0.25) is 4.79 Å². The van der Waals surface area contributed by atoms with Gasteiger partial charge < -0.3 is 15.2 Å². The number of hydrogen-bond acceptors (Lipinski definition) is 3. The molecule has 5 nitrogen and oxygen atoms in total. The Bertz CT molecular complexity index is 620. The van der Waals surface area contributed by atoms with E-state index in [1.54, 1.807) is 0 Å². The average molecular weight is 284 g/mol. The van der Waals surface area contributed by atoms with Crippen LogP contribution in [0.25, 0.3) is 11.0 Å². The van der Waals surface area contributed by atoms with E-state index >= 15 is 0 Å². The van der Waals surface area contributed by atoms with E-state index in [1.165, 1.54) is 0 Å². The molecule has 0 spiro atoms. The van der Waals surface area contributed by atoms with Crippen molar-refractivity contribution >= 4 is 22.9 Å². The molecule has 1 aliphatic heterocycles. The first-order chi connectivity index (χ1) is 10.3. The number of aromatic amines is 1. The molecule has 1 saturated heterocycles. The van der Waals surface area contributed by atoms with Crippen molar-refractivity contribution in [3.63, 3.8) is 0 Å². The zero-order valence-corrected chi connectivity index (χ0v) is 12.0. The summed E-state index contributed by atoms with van der Waals surface area (Å²) >= 11 is 0. The van der Waals surface area contributed by atoms with Crippen molar-refractivity contribution in [3.05, 3.63) is 24.3 Å². The molecular weight excluding hydrogens is 264 g/mol. The molecule has 1 aromatic heterocycles. The summed E-state index contributed by atoms with van der Waals surface area (Å²) in [5, 5.41) is 3.12. The number of imidazole rings is 1. The topological polar surface area (TPSA) is 61.0 Å². The molecule has 0 unspecified atom stereocenters. The fraction of sp³-hybridized carbons (Fsp3) is 0.500. The number of benzene rings is 1. The van der Waals surface area contributed by atoms with E-state index in [-0.39, 0.29) is 11.8 Å². The minimum Gasteiger partial charge on any atom is -0.353 e. The van der Waals surface area contributed by atoms with Gasteiger partial charge in [0.05, 0.1) is 11.0 Å². The van der Waals surface area contributed by atoms with Crippen LogP contribution in [-0.2, 0) is 4.79 Å². The van der Waals surface area contributed by atoms with Crippen molar-refractivity contribution in [3.8, 4) is 0 Å². The second-order valence-corrected chi connectivity index (χ2v) is 6.12. The molecule has 2 N–H and O–H groups in total. The molecular formula is C16H20N4O. The highest BCUT2D eigenvalue weighted by molar-refractivity contribution is 5.80. The lowest BCUT2D eigenvalue weighted by Crippen LogP contribution is -2.41. The third-order valence-corrected chi connectivity index (χ3v) is 4.47. The zero-order chi connectivity index (χ0) is 14.2. The standard InChI is InChI=1S/C16H20N4O/c21-15(17-12-5-6-12)11-7-9-20(10-8-11)16-18-13-3-1-2-4-14(13)19-16/h1-4,11-12H,5-10H2,(H,17,21)(H,18,19). The van der Waals surface area contributed by atoms with Crippen LogP contribution in [0.4, 0.5) is 5.95 Å². The molecule has 4 rings (SSSR count). The van der Waals surface area contributed by atoms with Crippen LogP contribution in [-0.4, -0.2) is 35.0 Å². The Morgan fingerprint density at radius 1 is 1.19 bits per heavy atom.